The van der Waals surface area contributed by atoms with Gasteiger partial charge in [-0.05, 0) is 30.2 Å². The summed E-state index contributed by atoms with van der Waals surface area (Å²) in [6, 6.07) is 27.0. The van der Waals surface area contributed by atoms with Crippen molar-refractivity contribution in [1.29, 1.82) is 0 Å². The van der Waals surface area contributed by atoms with Crippen molar-refractivity contribution in [2.45, 2.75) is 23.8 Å². The molecule has 0 spiro atoms. The van der Waals surface area contributed by atoms with Crippen molar-refractivity contribution in [3.05, 3.63) is 108 Å². The van der Waals surface area contributed by atoms with E-state index in [2.05, 4.69) is 12.1 Å². The zero-order valence-corrected chi connectivity index (χ0v) is 16.6. The van der Waals surface area contributed by atoms with Crippen molar-refractivity contribution >= 4 is 16.1 Å². The van der Waals surface area contributed by atoms with E-state index in [0.717, 1.165) is 11.1 Å². The zero-order valence-electron chi connectivity index (χ0n) is 15.8. The van der Waals surface area contributed by atoms with Gasteiger partial charge in [0.1, 0.15) is 0 Å². The monoisotopic (exact) mass is 389 g/mol. The number of rotatable bonds is 5. The maximum atomic E-state index is 13.2. The lowest BCUT2D eigenvalue weighted by Gasteiger charge is -2.45. The second-order valence-electron chi connectivity index (χ2n) is 7.17. The maximum absolute atomic E-state index is 13.2. The summed E-state index contributed by atoms with van der Waals surface area (Å²) >= 11 is 0. The molecule has 0 saturated carbocycles. The van der Waals surface area contributed by atoms with Crippen LogP contribution in [0.4, 0.5) is 0 Å². The van der Waals surface area contributed by atoms with Gasteiger partial charge in [-0.3, -0.25) is 0 Å². The molecule has 1 heterocycles. The van der Waals surface area contributed by atoms with Crippen LogP contribution in [0.1, 0.15) is 22.6 Å². The van der Waals surface area contributed by atoms with E-state index in [1.807, 2.05) is 79.7 Å². The van der Waals surface area contributed by atoms with Gasteiger partial charge in [0.2, 0.25) is 10.0 Å². The predicted molar refractivity (Wildman–Crippen MR) is 114 cm³/mol. The first kappa shape index (κ1) is 18.7. The summed E-state index contributed by atoms with van der Waals surface area (Å²) in [7, 11) is -3.53. The molecule has 1 aliphatic rings. The Labute approximate surface area is 167 Å². The molecule has 0 N–H and O–H groups in total. The summed E-state index contributed by atoms with van der Waals surface area (Å²) in [4.78, 5) is 0.350. The molecule has 0 bridgehead atoms. The van der Waals surface area contributed by atoms with E-state index >= 15 is 0 Å². The van der Waals surface area contributed by atoms with Gasteiger partial charge in [-0.15, -0.1) is 0 Å². The molecule has 4 rings (SSSR count). The normalized spacial score (nSPS) is 20.2. The Morgan fingerprint density at radius 2 is 1.46 bits per heavy atom. The lowest BCUT2D eigenvalue weighted by atomic mass is 9.84. The van der Waals surface area contributed by atoms with Gasteiger partial charge < -0.3 is 0 Å². The first-order valence-corrected chi connectivity index (χ1v) is 10.9. The molecule has 2 atom stereocenters. The molecule has 0 aliphatic carbocycles. The van der Waals surface area contributed by atoms with Crippen molar-refractivity contribution in [2.24, 2.45) is 0 Å². The minimum Gasteiger partial charge on any atom is -0.207 e. The van der Waals surface area contributed by atoms with E-state index in [0.29, 0.717) is 11.4 Å². The van der Waals surface area contributed by atoms with E-state index in [1.165, 1.54) is 5.56 Å². The third-order valence-electron chi connectivity index (χ3n) is 5.26. The van der Waals surface area contributed by atoms with Gasteiger partial charge in [-0.2, -0.15) is 4.31 Å². The first-order chi connectivity index (χ1) is 13.6. The molecule has 4 heteroatoms. The number of aryl methyl sites for hydroxylation is 1. The number of benzene rings is 3. The third kappa shape index (κ3) is 3.66. The highest BCUT2D eigenvalue weighted by Crippen LogP contribution is 2.39. The molecule has 3 nitrogen and oxygen atoms in total. The SMILES string of the molecule is Cc1ccc(S(=O)(=O)N2C[C@@H](c3ccccc3)[C@@H]2/C=C/c2ccccc2)cc1. The quantitative estimate of drug-likeness (QED) is 0.625. The summed E-state index contributed by atoms with van der Waals surface area (Å²) in [6.07, 6.45) is 4.03. The van der Waals surface area contributed by atoms with Crippen LogP contribution in [0.15, 0.2) is 95.9 Å². The molecule has 28 heavy (non-hydrogen) atoms. The summed E-state index contributed by atoms with van der Waals surface area (Å²) in [5.41, 5.74) is 3.28. The molecule has 1 saturated heterocycles. The lowest BCUT2D eigenvalue weighted by Crippen LogP contribution is -2.55. The Balaban J connectivity index is 1.66. The smallest absolute Gasteiger partial charge is 0.207 e. The van der Waals surface area contributed by atoms with Crippen molar-refractivity contribution < 1.29 is 8.42 Å². The Kier molecular flexibility index (Phi) is 5.16. The van der Waals surface area contributed by atoms with Crippen LogP contribution >= 0.6 is 0 Å². The topological polar surface area (TPSA) is 37.4 Å². The summed E-state index contributed by atoms with van der Waals surface area (Å²) in [5, 5.41) is 0. The fourth-order valence-corrected chi connectivity index (χ4v) is 5.24. The van der Waals surface area contributed by atoms with Gasteiger partial charge in [0, 0.05) is 12.5 Å². The fourth-order valence-electron chi connectivity index (χ4n) is 3.60. The molecule has 0 aromatic heterocycles. The average molecular weight is 390 g/mol. The maximum Gasteiger partial charge on any atom is 0.243 e. The van der Waals surface area contributed by atoms with E-state index in [4.69, 9.17) is 0 Å². The van der Waals surface area contributed by atoms with Gasteiger partial charge in [0.15, 0.2) is 0 Å². The molecule has 0 amide bonds. The van der Waals surface area contributed by atoms with Crippen LogP contribution in [-0.4, -0.2) is 25.3 Å². The molecule has 1 aliphatic heterocycles. The standard InChI is InChI=1S/C24H23NO2S/c1-19-12-15-22(16-13-19)28(26,27)25-18-23(21-10-6-3-7-11-21)24(25)17-14-20-8-4-2-5-9-20/h2-17,23-24H,18H2,1H3/b17-14+/t23-,24-/m0/s1. The fraction of sp³-hybridized carbons (Fsp3) is 0.167. The Bertz CT molecular complexity index is 1060. The molecule has 3 aromatic carbocycles. The minimum atomic E-state index is -3.53. The largest absolute Gasteiger partial charge is 0.243 e. The van der Waals surface area contributed by atoms with Crippen LogP contribution in [0.3, 0.4) is 0 Å². The lowest BCUT2D eigenvalue weighted by molar-refractivity contribution is 0.200. The second-order valence-corrected chi connectivity index (χ2v) is 9.06. The molecule has 1 fully saturated rings. The van der Waals surface area contributed by atoms with Crippen LogP contribution in [0, 0.1) is 6.92 Å². The van der Waals surface area contributed by atoms with Crippen LogP contribution in [-0.2, 0) is 10.0 Å². The third-order valence-corrected chi connectivity index (χ3v) is 7.14. The average Bonchev–Trinajstić information content (AvgIpc) is 2.69. The van der Waals surface area contributed by atoms with Crippen LogP contribution < -0.4 is 0 Å². The second kappa shape index (κ2) is 7.74. The van der Waals surface area contributed by atoms with Crippen molar-refractivity contribution in [1.82, 2.24) is 4.31 Å². The van der Waals surface area contributed by atoms with E-state index < -0.39 is 10.0 Å². The molecule has 3 aromatic rings. The Morgan fingerprint density at radius 1 is 0.857 bits per heavy atom. The Hall–Kier alpha value is -2.69. The predicted octanol–water partition coefficient (Wildman–Crippen LogP) is 4.87. The molecular weight excluding hydrogens is 366 g/mol. The highest BCUT2D eigenvalue weighted by Gasteiger charge is 2.45. The van der Waals surface area contributed by atoms with Crippen molar-refractivity contribution in [3.8, 4) is 0 Å². The number of hydrogen-bond acceptors (Lipinski definition) is 2. The van der Waals surface area contributed by atoms with Gasteiger partial charge in [-0.25, -0.2) is 8.42 Å². The zero-order chi connectivity index (χ0) is 19.6. The molecule has 142 valence electrons. The number of sulfonamides is 1. The number of nitrogens with zero attached hydrogens (tertiary/aromatic N) is 1. The minimum absolute atomic E-state index is 0.154. The molecule has 0 radical (unpaired) electrons. The molecule has 0 unspecified atom stereocenters. The number of hydrogen-bond donors (Lipinski definition) is 0. The van der Waals surface area contributed by atoms with E-state index in [-0.39, 0.29) is 12.0 Å². The van der Waals surface area contributed by atoms with E-state index in [1.54, 1.807) is 16.4 Å². The van der Waals surface area contributed by atoms with Crippen molar-refractivity contribution in [2.75, 3.05) is 6.54 Å². The highest BCUT2D eigenvalue weighted by molar-refractivity contribution is 7.89. The van der Waals surface area contributed by atoms with Gasteiger partial charge in [0.05, 0.1) is 10.9 Å². The summed E-state index contributed by atoms with van der Waals surface area (Å²) in [5.74, 6) is 0.154. The highest BCUT2D eigenvalue weighted by atomic mass is 32.2. The van der Waals surface area contributed by atoms with Gasteiger partial charge in [-0.1, -0.05) is 90.5 Å². The van der Waals surface area contributed by atoms with Crippen LogP contribution in [0.25, 0.3) is 6.08 Å². The van der Waals surface area contributed by atoms with Gasteiger partial charge >= 0.3 is 0 Å². The first-order valence-electron chi connectivity index (χ1n) is 9.42. The molecular formula is C24H23NO2S. The van der Waals surface area contributed by atoms with Gasteiger partial charge in [0.25, 0.3) is 0 Å². The summed E-state index contributed by atoms with van der Waals surface area (Å²) in [6.45, 7) is 2.45. The summed E-state index contributed by atoms with van der Waals surface area (Å²) < 4.78 is 28.0. The van der Waals surface area contributed by atoms with Crippen LogP contribution in [0.2, 0.25) is 0 Å². The van der Waals surface area contributed by atoms with Crippen LogP contribution in [0.5, 0.6) is 0 Å². The van der Waals surface area contributed by atoms with E-state index in [9.17, 15) is 8.42 Å². The Morgan fingerprint density at radius 3 is 2.11 bits per heavy atom. The van der Waals surface area contributed by atoms with Crippen molar-refractivity contribution in [3.63, 3.8) is 0 Å².